The van der Waals surface area contributed by atoms with Gasteiger partial charge in [0.15, 0.2) is 6.10 Å². The van der Waals surface area contributed by atoms with Crippen LogP contribution < -0.4 is 0 Å². The lowest BCUT2D eigenvalue weighted by atomic mass is 9.85. The second kappa shape index (κ2) is 41.2. The van der Waals surface area contributed by atoms with E-state index in [9.17, 15) is 44.6 Å². The summed E-state index contributed by atoms with van der Waals surface area (Å²) in [5, 5.41) is 50.2. The predicted molar refractivity (Wildman–Crippen MR) is 267 cm³/mol. The number of aliphatic hydroxyl groups excluding tert-OH is 5. The SMILES string of the molecule is CC/C=C\C/C=C\C/C=C\C/C=C\C/C=C\CCCCCC(=O)OCC(COP(=O)(O)OC1C(O)C(O)C(O)C(O)C1O)OC(=O)CCCCC/C=C\C/C=C\C/C=C\C/C=C\C/C=C\CC. The molecule has 0 radical (unpaired) electrons. The van der Waals surface area contributed by atoms with E-state index in [1.54, 1.807) is 0 Å². The zero-order valence-electron chi connectivity index (χ0n) is 40.1. The number of aliphatic hydroxyl groups is 5. The van der Waals surface area contributed by atoms with Gasteiger partial charge in [-0.05, 0) is 103 Å². The van der Waals surface area contributed by atoms with E-state index in [-0.39, 0.29) is 12.8 Å². The average Bonchev–Trinajstić information content (AvgIpc) is 3.31. The molecule has 1 aliphatic carbocycles. The van der Waals surface area contributed by atoms with E-state index < -0.39 is 75.7 Å². The van der Waals surface area contributed by atoms with Crippen molar-refractivity contribution in [1.29, 1.82) is 0 Å². The van der Waals surface area contributed by atoms with E-state index in [0.717, 1.165) is 103 Å². The van der Waals surface area contributed by atoms with Crippen LogP contribution >= 0.6 is 7.82 Å². The Morgan fingerprint density at radius 2 is 0.806 bits per heavy atom. The van der Waals surface area contributed by atoms with Crippen LogP contribution in [-0.2, 0) is 32.7 Å². The van der Waals surface area contributed by atoms with E-state index >= 15 is 0 Å². The summed E-state index contributed by atoms with van der Waals surface area (Å²) in [7, 11) is -5.15. The third kappa shape index (κ3) is 33.4. The first kappa shape index (κ1) is 61.3. The van der Waals surface area contributed by atoms with Gasteiger partial charge in [-0.15, -0.1) is 0 Å². The number of unbranched alkanes of at least 4 members (excludes halogenated alkanes) is 6. The molecule has 0 heterocycles. The van der Waals surface area contributed by atoms with Crippen molar-refractivity contribution < 1.29 is 63.1 Å². The molecule has 1 aliphatic rings. The number of hydrogen-bond acceptors (Lipinski definition) is 12. The highest BCUT2D eigenvalue weighted by Gasteiger charge is 2.51. The summed E-state index contributed by atoms with van der Waals surface area (Å²) in [4.78, 5) is 35.8. The molecule has 67 heavy (non-hydrogen) atoms. The van der Waals surface area contributed by atoms with Gasteiger partial charge in [-0.25, -0.2) is 4.57 Å². The second-order valence-corrected chi connectivity index (χ2v) is 17.6. The predicted octanol–water partition coefficient (Wildman–Crippen LogP) is 10.2. The van der Waals surface area contributed by atoms with Crippen LogP contribution in [0.25, 0.3) is 0 Å². The summed E-state index contributed by atoms with van der Waals surface area (Å²) < 4.78 is 33.5. The first-order valence-electron chi connectivity index (χ1n) is 24.3. The van der Waals surface area contributed by atoms with E-state index in [1.807, 2.05) is 0 Å². The number of ether oxygens (including phenoxy) is 2. The van der Waals surface area contributed by atoms with Crippen LogP contribution in [0.5, 0.6) is 0 Å². The fourth-order valence-corrected chi connectivity index (χ4v) is 7.43. The molecule has 6 atom stereocenters. The van der Waals surface area contributed by atoms with Crippen LogP contribution in [0.1, 0.15) is 142 Å². The number of phosphoric acid groups is 1. The van der Waals surface area contributed by atoms with Gasteiger partial charge in [-0.2, -0.15) is 0 Å². The van der Waals surface area contributed by atoms with Gasteiger partial charge >= 0.3 is 19.8 Å². The Morgan fingerprint density at radius 3 is 1.19 bits per heavy atom. The molecule has 6 N–H and O–H groups in total. The van der Waals surface area contributed by atoms with E-state index in [2.05, 4.69) is 135 Å². The monoisotopic (exact) mass is 959 g/mol. The van der Waals surface area contributed by atoms with Gasteiger partial charge in [0, 0.05) is 12.8 Å². The number of carbonyl (C=O) groups excluding carboxylic acids is 2. The largest absolute Gasteiger partial charge is 0.472 e. The van der Waals surface area contributed by atoms with Crippen molar-refractivity contribution in [1.82, 2.24) is 0 Å². The molecule has 0 saturated heterocycles. The van der Waals surface area contributed by atoms with Crippen molar-refractivity contribution in [3.63, 3.8) is 0 Å². The molecule has 1 rings (SSSR count). The Balaban J connectivity index is 2.50. The molecule has 0 aromatic carbocycles. The molecule has 0 amide bonds. The standard InChI is InChI=1S/C53H83O13P/c1-3-5-7-9-11-13-15-17-19-21-23-25-27-29-31-33-35-37-39-41-46(54)63-43-45(44-64-67(61,62)66-53-51(59)49(57)48(56)50(58)52(53)60)65-47(55)42-40-38-36-34-32-30-28-26-24-22-20-18-16-14-12-10-8-6-4-2/h5-8,11-14,17-20,23-26,29-32,45,48-53,56-60H,3-4,9-10,15-16,21-22,27-28,33-44H2,1-2H3,(H,61,62)/b7-5-,8-6-,13-11-,14-12-,19-17-,20-18-,25-23-,26-24-,31-29-,32-30-. The topological polar surface area (TPSA) is 210 Å². The van der Waals surface area contributed by atoms with Crippen LogP contribution in [-0.4, -0.2) is 98.3 Å². The van der Waals surface area contributed by atoms with Crippen LogP contribution in [0.15, 0.2) is 122 Å². The lowest BCUT2D eigenvalue weighted by Gasteiger charge is -2.41. The highest BCUT2D eigenvalue weighted by atomic mass is 31.2. The van der Waals surface area contributed by atoms with E-state index in [1.165, 1.54) is 0 Å². The fourth-order valence-electron chi connectivity index (χ4n) is 6.46. The highest BCUT2D eigenvalue weighted by Crippen LogP contribution is 2.47. The van der Waals surface area contributed by atoms with Crippen molar-refractivity contribution in [3.05, 3.63) is 122 Å². The second-order valence-electron chi connectivity index (χ2n) is 16.2. The molecule has 0 spiro atoms. The lowest BCUT2D eigenvalue weighted by molar-refractivity contribution is -0.220. The molecule has 1 saturated carbocycles. The van der Waals surface area contributed by atoms with Crippen molar-refractivity contribution in [2.24, 2.45) is 0 Å². The number of hydrogen-bond donors (Lipinski definition) is 6. The first-order valence-corrected chi connectivity index (χ1v) is 25.8. The number of rotatable bonds is 38. The van der Waals surface area contributed by atoms with Crippen LogP contribution in [0.4, 0.5) is 0 Å². The molecule has 378 valence electrons. The van der Waals surface area contributed by atoms with E-state index in [0.29, 0.717) is 12.8 Å². The minimum atomic E-state index is -5.15. The Bertz CT molecular complexity index is 1630. The van der Waals surface area contributed by atoms with Gasteiger partial charge < -0.3 is 39.9 Å². The molecule has 14 heteroatoms. The van der Waals surface area contributed by atoms with Gasteiger partial charge in [0.05, 0.1) is 6.61 Å². The van der Waals surface area contributed by atoms with Crippen molar-refractivity contribution in [3.8, 4) is 0 Å². The van der Waals surface area contributed by atoms with Gasteiger partial charge in [-0.3, -0.25) is 18.6 Å². The molecular formula is C53H83O13P. The number of carbonyl (C=O) groups is 2. The minimum Gasteiger partial charge on any atom is -0.462 e. The van der Waals surface area contributed by atoms with Crippen LogP contribution in [0, 0.1) is 0 Å². The molecule has 1 fully saturated rings. The third-order valence-corrected chi connectivity index (χ3v) is 11.3. The number of esters is 2. The molecule has 0 bridgehead atoms. The normalized spacial score (nSPS) is 22.2. The lowest BCUT2D eigenvalue weighted by Crippen LogP contribution is -2.64. The Morgan fingerprint density at radius 1 is 0.463 bits per heavy atom. The fraction of sp³-hybridized carbons (Fsp3) is 0.585. The highest BCUT2D eigenvalue weighted by molar-refractivity contribution is 7.47. The van der Waals surface area contributed by atoms with Crippen molar-refractivity contribution in [2.45, 2.75) is 185 Å². The van der Waals surface area contributed by atoms with Crippen molar-refractivity contribution >= 4 is 19.8 Å². The third-order valence-electron chi connectivity index (χ3n) is 10.3. The van der Waals surface area contributed by atoms with Crippen molar-refractivity contribution in [2.75, 3.05) is 13.2 Å². The molecule has 13 nitrogen and oxygen atoms in total. The molecule has 0 aromatic rings. The van der Waals surface area contributed by atoms with Crippen LogP contribution in [0.2, 0.25) is 0 Å². The summed E-state index contributed by atoms with van der Waals surface area (Å²) in [6.07, 6.45) is 45.3. The Kier molecular flexibility index (Phi) is 37.7. The maximum absolute atomic E-state index is 12.8. The smallest absolute Gasteiger partial charge is 0.462 e. The number of phosphoric ester groups is 1. The molecule has 0 aromatic heterocycles. The molecule has 0 aliphatic heterocycles. The molecule has 6 unspecified atom stereocenters. The summed E-state index contributed by atoms with van der Waals surface area (Å²) >= 11 is 0. The molecular weight excluding hydrogens is 876 g/mol. The van der Waals surface area contributed by atoms with E-state index in [4.69, 9.17) is 18.5 Å². The van der Waals surface area contributed by atoms with Crippen LogP contribution in [0.3, 0.4) is 0 Å². The quantitative estimate of drug-likeness (QED) is 0.0148. The van der Waals surface area contributed by atoms with Gasteiger partial charge in [0.2, 0.25) is 0 Å². The minimum absolute atomic E-state index is 0.0415. The van der Waals surface area contributed by atoms with Gasteiger partial charge in [0.25, 0.3) is 0 Å². The summed E-state index contributed by atoms with van der Waals surface area (Å²) in [5.74, 6) is -1.19. The Hall–Kier alpha value is -3.75. The first-order chi connectivity index (χ1) is 32.4. The zero-order chi connectivity index (χ0) is 49.2. The maximum Gasteiger partial charge on any atom is 0.472 e. The number of allylic oxidation sites excluding steroid dienone is 20. The maximum atomic E-state index is 12.8. The summed E-state index contributed by atoms with van der Waals surface area (Å²) in [5.41, 5.74) is 0. The van der Waals surface area contributed by atoms with Gasteiger partial charge in [-0.1, -0.05) is 148 Å². The summed E-state index contributed by atoms with van der Waals surface area (Å²) in [6.45, 7) is 3.00. The summed E-state index contributed by atoms with van der Waals surface area (Å²) in [6, 6.07) is 0. The van der Waals surface area contributed by atoms with Gasteiger partial charge in [0.1, 0.15) is 43.2 Å². The Labute approximate surface area is 401 Å². The zero-order valence-corrected chi connectivity index (χ0v) is 41.0. The average molecular weight is 959 g/mol.